The number of hydrogen-bond donors (Lipinski definition) is 1. The zero-order chi connectivity index (χ0) is 15.9. The standard InChI is InChI=1S/C16H24N4O2S/c21-15(10-22-11-16-5-3-7-23-16)9-19-6-2-1-4-14(19)8-20-13-17-12-18-20/h3,5,7,12-15,21H,1-2,4,6,8-11H2/t14-,15+/m0/s1. The average molecular weight is 336 g/mol. The predicted molar refractivity (Wildman–Crippen MR) is 89.2 cm³/mol. The molecular weight excluding hydrogens is 312 g/mol. The Labute approximate surface area is 140 Å². The lowest BCUT2D eigenvalue weighted by molar-refractivity contribution is -0.00512. The van der Waals surface area contributed by atoms with Crippen molar-refractivity contribution in [2.24, 2.45) is 0 Å². The number of nitrogens with zero attached hydrogens (tertiary/aromatic N) is 4. The van der Waals surface area contributed by atoms with E-state index in [1.54, 1.807) is 24.0 Å². The van der Waals surface area contributed by atoms with Crippen LogP contribution in [0.3, 0.4) is 0 Å². The van der Waals surface area contributed by atoms with Gasteiger partial charge in [-0.25, -0.2) is 4.98 Å². The Morgan fingerprint density at radius 3 is 3.17 bits per heavy atom. The molecule has 0 radical (unpaired) electrons. The second kappa shape index (κ2) is 8.54. The number of aliphatic hydroxyl groups excluding tert-OH is 1. The van der Waals surface area contributed by atoms with Gasteiger partial charge in [0.1, 0.15) is 12.7 Å². The van der Waals surface area contributed by atoms with Gasteiger partial charge < -0.3 is 9.84 Å². The summed E-state index contributed by atoms with van der Waals surface area (Å²) in [5.74, 6) is 0. The van der Waals surface area contributed by atoms with Crippen LogP contribution in [0.2, 0.25) is 0 Å². The maximum atomic E-state index is 10.3. The predicted octanol–water partition coefficient (Wildman–Crippen LogP) is 1.77. The van der Waals surface area contributed by atoms with Crippen LogP contribution in [0, 0.1) is 0 Å². The molecule has 0 saturated carbocycles. The molecule has 2 aromatic heterocycles. The number of β-amino-alcohol motifs (C(OH)–C–C–N with tert-alkyl or cyclic N) is 1. The quantitative estimate of drug-likeness (QED) is 0.796. The summed E-state index contributed by atoms with van der Waals surface area (Å²) in [5.41, 5.74) is 0. The Bertz CT molecular complexity index is 546. The van der Waals surface area contributed by atoms with Crippen molar-refractivity contribution in [1.82, 2.24) is 19.7 Å². The summed E-state index contributed by atoms with van der Waals surface area (Å²) in [6.07, 6.45) is 6.44. The molecule has 1 N–H and O–H groups in total. The van der Waals surface area contributed by atoms with E-state index in [-0.39, 0.29) is 0 Å². The number of hydrogen-bond acceptors (Lipinski definition) is 6. The molecular formula is C16H24N4O2S. The van der Waals surface area contributed by atoms with Crippen molar-refractivity contribution in [3.8, 4) is 0 Å². The maximum Gasteiger partial charge on any atom is 0.137 e. The number of rotatable bonds is 8. The van der Waals surface area contributed by atoms with Gasteiger partial charge in [0.05, 0.1) is 25.9 Å². The van der Waals surface area contributed by atoms with Crippen molar-refractivity contribution in [3.05, 3.63) is 35.0 Å². The summed E-state index contributed by atoms with van der Waals surface area (Å²) in [5, 5.41) is 16.5. The summed E-state index contributed by atoms with van der Waals surface area (Å²) >= 11 is 1.68. The maximum absolute atomic E-state index is 10.3. The Balaban J connectivity index is 1.44. The smallest absolute Gasteiger partial charge is 0.137 e. The average Bonchev–Trinajstić information content (AvgIpc) is 3.23. The lowest BCUT2D eigenvalue weighted by atomic mass is 10.0. The molecule has 0 bridgehead atoms. The number of piperidine rings is 1. The van der Waals surface area contributed by atoms with Crippen molar-refractivity contribution in [2.45, 2.75) is 44.6 Å². The Kier molecular flexibility index (Phi) is 6.15. The number of ether oxygens (including phenoxy) is 1. The van der Waals surface area contributed by atoms with Crippen LogP contribution in [0.25, 0.3) is 0 Å². The zero-order valence-electron chi connectivity index (χ0n) is 13.3. The van der Waals surface area contributed by atoms with Crippen LogP contribution < -0.4 is 0 Å². The first kappa shape index (κ1) is 16.6. The fourth-order valence-electron chi connectivity index (χ4n) is 3.06. The molecule has 7 heteroatoms. The SMILES string of the molecule is O[C@@H](COCc1cccs1)CN1CCCC[C@H]1Cn1cncn1. The first-order valence-electron chi connectivity index (χ1n) is 8.16. The number of aliphatic hydroxyl groups is 1. The van der Waals surface area contributed by atoms with E-state index in [4.69, 9.17) is 4.74 Å². The lowest BCUT2D eigenvalue weighted by Gasteiger charge is -2.36. The van der Waals surface area contributed by atoms with Gasteiger partial charge in [-0.2, -0.15) is 5.10 Å². The summed E-state index contributed by atoms with van der Waals surface area (Å²) in [6.45, 7) is 3.48. The molecule has 0 unspecified atom stereocenters. The van der Waals surface area contributed by atoms with Crippen LogP contribution in [-0.2, 0) is 17.9 Å². The minimum atomic E-state index is -0.452. The molecule has 126 valence electrons. The van der Waals surface area contributed by atoms with E-state index in [2.05, 4.69) is 21.0 Å². The van der Waals surface area contributed by atoms with E-state index < -0.39 is 6.10 Å². The van der Waals surface area contributed by atoms with Gasteiger partial charge in [0.25, 0.3) is 0 Å². The number of likely N-dealkylation sites (tertiary alicyclic amines) is 1. The van der Waals surface area contributed by atoms with Gasteiger partial charge in [-0.1, -0.05) is 12.5 Å². The third-order valence-electron chi connectivity index (χ3n) is 4.19. The van der Waals surface area contributed by atoms with Crippen LogP contribution in [0.4, 0.5) is 0 Å². The lowest BCUT2D eigenvalue weighted by Crippen LogP contribution is -2.46. The number of thiophene rings is 1. The van der Waals surface area contributed by atoms with Gasteiger partial charge in [-0.15, -0.1) is 11.3 Å². The highest BCUT2D eigenvalue weighted by Gasteiger charge is 2.25. The van der Waals surface area contributed by atoms with Crippen LogP contribution in [0.5, 0.6) is 0 Å². The van der Waals surface area contributed by atoms with E-state index in [0.717, 1.165) is 19.5 Å². The van der Waals surface area contributed by atoms with Crippen LogP contribution in [0.1, 0.15) is 24.1 Å². The van der Waals surface area contributed by atoms with Gasteiger partial charge in [0.15, 0.2) is 0 Å². The molecule has 2 aromatic rings. The fourth-order valence-corrected chi connectivity index (χ4v) is 3.70. The van der Waals surface area contributed by atoms with E-state index in [1.807, 2.05) is 16.1 Å². The van der Waals surface area contributed by atoms with Gasteiger partial charge in [-0.3, -0.25) is 9.58 Å². The van der Waals surface area contributed by atoms with Crippen LogP contribution in [-0.4, -0.2) is 56.6 Å². The number of aromatic nitrogens is 3. The summed E-state index contributed by atoms with van der Waals surface area (Å²) in [7, 11) is 0. The van der Waals surface area contributed by atoms with Crippen LogP contribution >= 0.6 is 11.3 Å². The van der Waals surface area contributed by atoms with E-state index in [0.29, 0.717) is 25.8 Å². The molecule has 0 aliphatic carbocycles. The molecule has 0 spiro atoms. The second-order valence-electron chi connectivity index (χ2n) is 6.01. The fraction of sp³-hybridized carbons (Fsp3) is 0.625. The molecule has 23 heavy (non-hydrogen) atoms. The van der Waals surface area contributed by atoms with Crippen molar-refractivity contribution >= 4 is 11.3 Å². The van der Waals surface area contributed by atoms with Crippen LogP contribution in [0.15, 0.2) is 30.2 Å². The topological polar surface area (TPSA) is 63.4 Å². The van der Waals surface area contributed by atoms with Crippen molar-refractivity contribution in [1.29, 1.82) is 0 Å². The molecule has 0 amide bonds. The monoisotopic (exact) mass is 336 g/mol. The summed E-state index contributed by atoms with van der Waals surface area (Å²) in [6, 6.07) is 4.48. The highest BCUT2D eigenvalue weighted by molar-refractivity contribution is 7.09. The molecule has 0 aromatic carbocycles. The van der Waals surface area contributed by atoms with Crippen molar-refractivity contribution in [3.63, 3.8) is 0 Å². The summed E-state index contributed by atoms with van der Waals surface area (Å²) in [4.78, 5) is 7.56. The Morgan fingerprint density at radius 1 is 1.43 bits per heavy atom. The van der Waals surface area contributed by atoms with Crippen molar-refractivity contribution < 1.29 is 9.84 Å². The molecule has 6 nitrogen and oxygen atoms in total. The van der Waals surface area contributed by atoms with Crippen molar-refractivity contribution in [2.75, 3.05) is 19.7 Å². The largest absolute Gasteiger partial charge is 0.389 e. The minimum Gasteiger partial charge on any atom is -0.389 e. The van der Waals surface area contributed by atoms with Gasteiger partial charge >= 0.3 is 0 Å². The molecule has 1 fully saturated rings. The zero-order valence-corrected chi connectivity index (χ0v) is 14.1. The Morgan fingerprint density at radius 2 is 2.39 bits per heavy atom. The van der Waals surface area contributed by atoms with E-state index in [9.17, 15) is 5.11 Å². The Hall–Kier alpha value is -1.28. The second-order valence-corrected chi connectivity index (χ2v) is 7.04. The van der Waals surface area contributed by atoms with E-state index in [1.165, 1.54) is 17.7 Å². The first-order chi connectivity index (χ1) is 11.3. The molecule has 3 heterocycles. The third-order valence-corrected chi connectivity index (χ3v) is 5.04. The highest BCUT2D eigenvalue weighted by Crippen LogP contribution is 2.19. The molecule has 2 atom stereocenters. The molecule has 1 saturated heterocycles. The summed E-state index contributed by atoms with van der Waals surface area (Å²) < 4.78 is 7.51. The first-order valence-corrected chi connectivity index (χ1v) is 9.04. The van der Waals surface area contributed by atoms with E-state index >= 15 is 0 Å². The normalized spacial score (nSPS) is 20.7. The van der Waals surface area contributed by atoms with Gasteiger partial charge in [0.2, 0.25) is 0 Å². The molecule has 1 aliphatic heterocycles. The molecule has 3 rings (SSSR count). The third kappa shape index (κ3) is 5.10. The minimum absolute atomic E-state index is 0.379. The highest BCUT2D eigenvalue weighted by atomic mass is 32.1. The van der Waals surface area contributed by atoms with Gasteiger partial charge in [0, 0.05) is 17.5 Å². The molecule has 1 aliphatic rings. The van der Waals surface area contributed by atoms with Gasteiger partial charge in [-0.05, 0) is 30.8 Å².